The summed E-state index contributed by atoms with van der Waals surface area (Å²) in [7, 11) is 0. The molecule has 0 heterocycles. The number of halogens is 5. The minimum Gasteiger partial charge on any atom is -0.406 e. The molecule has 0 saturated carbocycles. The Balaban J connectivity index is 2.14. The quantitative estimate of drug-likeness (QED) is 0.674. The van der Waals surface area contributed by atoms with E-state index in [0.29, 0.717) is 14.2 Å². The van der Waals surface area contributed by atoms with Crippen LogP contribution in [0.25, 0.3) is 0 Å². The Hall–Kier alpha value is -1.48. The summed E-state index contributed by atoms with van der Waals surface area (Å²) in [5.74, 6) is -0.866. The number of carbonyl (C=O) groups excluding carboxylic acids is 1. The van der Waals surface area contributed by atoms with E-state index in [1.54, 1.807) is 12.1 Å². The molecule has 2 aromatic rings. The standard InChI is InChI=1S/C14H8ClF3INO2/c15-11-5-4-8(6-12(11)19)13(21)20-9-2-1-3-10(7-9)22-14(16,17)18/h1-7H,(H,20,21). The van der Waals surface area contributed by atoms with Gasteiger partial charge in [0.05, 0.1) is 5.02 Å². The van der Waals surface area contributed by atoms with Crippen LogP contribution < -0.4 is 10.1 Å². The molecule has 0 bridgehead atoms. The van der Waals surface area contributed by atoms with Crippen molar-refractivity contribution in [3.05, 3.63) is 56.6 Å². The summed E-state index contributed by atoms with van der Waals surface area (Å²) >= 11 is 7.84. The first-order valence-corrected chi connectivity index (χ1v) is 7.32. The molecule has 0 aromatic heterocycles. The van der Waals surface area contributed by atoms with Crippen LogP contribution in [0.3, 0.4) is 0 Å². The number of nitrogens with one attached hydrogen (secondary N) is 1. The number of rotatable bonds is 3. The Morgan fingerprint density at radius 2 is 1.91 bits per heavy atom. The van der Waals surface area contributed by atoms with Crippen molar-refractivity contribution in [2.75, 3.05) is 5.32 Å². The highest BCUT2D eigenvalue weighted by Crippen LogP contribution is 2.25. The zero-order valence-corrected chi connectivity index (χ0v) is 13.7. The molecular formula is C14H8ClF3INO2. The van der Waals surface area contributed by atoms with E-state index in [9.17, 15) is 18.0 Å². The van der Waals surface area contributed by atoms with Crippen molar-refractivity contribution in [2.24, 2.45) is 0 Å². The smallest absolute Gasteiger partial charge is 0.406 e. The van der Waals surface area contributed by atoms with Gasteiger partial charge in [0.25, 0.3) is 5.91 Å². The third-order valence-corrected chi connectivity index (χ3v) is 4.05. The number of carbonyl (C=O) groups is 1. The second-order valence-corrected chi connectivity index (χ2v) is 5.73. The lowest BCUT2D eigenvalue weighted by Crippen LogP contribution is -2.17. The van der Waals surface area contributed by atoms with Crippen LogP contribution in [0, 0.1) is 3.57 Å². The zero-order valence-electron chi connectivity index (χ0n) is 10.7. The molecule has 0 spiro atoms. The molecule has 3 nitrogen and oxygen atoms in total. The van der Waals surface area contributed by atoms with Crippen LogP contribution in [0.1, 0.15) is 10.4 Å². The number of ether oxygens (including phenoxy) is 1. The highest BCUT2D eigenvalue weighted by molar-refractivity contribution is 14.1. The molecule has 0 atom stereocenters. The van der Waals surface area contributed by atoms with Crippen LogP contribution in [0.15, 0.2) is 42.5 Å². The summed E-state index contributed by atoms with van der Waals surface area (Å²) in [6, 6.07) is 9.72. The lowest BCUT2D eigenvalue weighted by Gasteiger charge is -2.11. The Kier molecular flexibility index (Phi) is 5.17. The van der Waals surface area contributed by atoms with E-state index >= 15 is 0 Å². The number of hydrogen-bond donors (Lipinski definition) is 1. The van der Waals surface area contributed by atoms with E-state index in [4.69, 9.17) is 11.6 Å². The second kappa shape index (κ2) is 6.74. The van der Waals surface area contributed by atoms with Gasteiger partial charge >= 0.3 is 6.36 Å². The summed E-state index contributed by atoms with van der Waals surface area (Å²) < 4.78 is 41.0. The molecule has 0 saturated heterocycles. The van der Waals surface area contributed by atoms with Gasteiger partial charge < -0.3 is 10.1 Å². The Labute approximate surface area is 142 Å². The van der Waals surface area contributed by atoms with E-state index in [-0.39, 0.29) is 5.69 Å². The monoisotopic (exact) mass is 441 g/mol. The van der Waals surface area contributed by atoms with Crippen LogP contribution in [0.2, 0.25) is 5.02 Å². The minimum absolute atomic E-state index is 0.191. The van der Waals surface area contributed by atoms with Crippen LogP contribution in [-0.2, 0) is 0 Å². The fourth-order valence-corrected chi connectivity index (χ4v) is 2.24. The molecule has 2 aromatic carbocycles. The maximum Gasteiger partial charge on any atom is 0.573 e. The first kappa shape index (κ1) is 16.9. The molecule has 0 unspecified atom stereocenters. The van der Waals surface area contributed by atoms with E-state index < -0.39 is 18.0 Å². The van der Waals surface area contributed by atoms with Crippen LogP contribution in [-0.4, -0.2) is 12.3 Å². The van der Waals surface area contributed by atoms with Crippen molar-refractivity contribution in [3.63, 3.8) is 0 Å². The summed E-state index contributed by atoms with van der Waals surface area (Å²) in [6.07, 6.45) is -4.78. The Morgan fingerprint density at radius 1 is 1.18 bits per heavy atom. The van der Waals surface area contributed by atoms with Gasteiger partial charge in [0.1, 0.15) is 5.75 Å². The van der Waals surface area contributed by atoms with Gasteiger partial charge in [-0.15, -0.1) is 13.2 Å². The third kappa shape index (κ3) is 4.77. The predicted octanol–water partition coefficient (Wildman–Crippen LogP) is 5.10. The first-order chi connectivity index (χ1) is 10.2. The van der Waals surface area contributed by atoms with Crippen LogP contribution in [0.4, 0.5) is 18.9 Å². The predicted molar refractivity (Wildman–Crippen MR) is 85.2 cm³/mol. The molecule has 1 N–H and O–H groups in total. The maximum absolute atomic E-state index is 12.2. The second-order valence-electron chi connectivity index (χ2n) is 4.16. The number of hydrogen-bond acceptors (Lipinski definition) is 2. The maximum atomic E-state index is 12.2. The Bertz CT molecular complexity index is 707. The molecule has 0 aliphatic carbocycles. The zero-order chi connectivity index (χ0) is 16.3. The molecule has 0 fully saturated rings. The van der Waals surface area contributed by atoms with E-state index in [2.05, 4.69) is 10.1 Å². The van der Waals surface area contributed by atoms with Crippen molar-refractivity contribution in [1.29, 1.82) is 0 Å². The lowest BCUT2D eigenvalue weighted by molar-refractivity contribution is -0.274. The van der Waals surface area contributed by atoms with Crippen molar-refractivity contribution in [2.45, 2.75) is 6.36 Å². The fourth-order valence-electron chi connectivity index (χ4n) is 1.61. The van der Waals surface area contributed by atoms with Crippen LogP contribution in [0.5, 0.6) is 5.75 Å². The molecular weight excluding hydrogens is 434 g/mol. The molecule has 0 aliphatic heterocycles. The van der Waals surface area contributed by atoms with E-state index in [1.165, 1.54) is 18.2 Å². The van der Waals surface area contributed by atoms with Gasteiger partial charge in [0.2, 0.25) is 0 Å². The number of anilines is 1. The lowest BCUT2D eigenvalue weighted by atomic mass is 10.2. The molecule has 2 rings (SSSR count). The van der Waals surface area contributed by atoms with Crippen LogP contribution >= 0.6 is 34.2 Å². The molecule has 0 radical (unpaired) electrons. The number of alkyl halides is 3. The van der Waals surface area contributed by atoms with Gasteiger partial charge in [-0.2, -0.15) is 0 Å². The fraction of sp³-hybridized carbons (Fsp3) is 0.0714. The largest absolute Gasteiger partial charge is 0.573 e. The van der Waals surface area contributed by atoms with Gasteiger partial charge in [-0.3, -0.25) is 4.79 Å². The SMILES string of the molecule is O=C(Nc1cccc(OC(F)(F)F)c1)c1ccc(Cl)c(I)c1. The van der Waals surface area contributed by atoms with E-state index in [0.717, 1.165) is 12.1 Å². The molecule has 22 heavy (non-hydrogen) atoms. The van der Waals surface area contributed by atoms with Gasteiger partial charge in [-0.25, -0.2) is 0 Å². The topological polar surface area (TPSA) is 38.3 Å². The summed E-state index contributed by atoms with van der Waals surface area (Å²) in [4.78, 5) is 12.1. The molecule has 8 heteroatoms. The van der Waals surface area contributed by atoms with Gasteiger partial charge in [0.15, 0.2) is 0 Å². The molecule has 0 aliphatic rings. The van der Waals surface area contributed by atoms with Gasteiger partial charge in [-0.05, 0) is 52.9 Å². The summed E-state index contributed by atoms with van der Waals surface area (Å²) in [5, 5.41) is 3.01. The number of benzene rings is 2. The highest BCUT2D eigenvalue weighted by Gasteiger charge is 2.31. The number of amides is 1. The Morgan fingerprint density at radius 3 is 2.55 bits per heavy atom. The van der Waals surface area contributed by atoms with Crippen molar-refractivity contribution >= 4 is 45.8 Å². The average Bonchev–Trinajstić information content (AvgIpc) is 2.40. The molecule has 116 valence electrons. The third-order valence-electron chi connectivity index (χ3n) is 2.51. The summed E-state index contributed by atoms with van der Waals surface area (Å²) in [6.45, 7) is 0. The van der Waals surface area contributed by atoms with Crippen molar-refractivity contribution in [3.8, 4) is 5.75 Å². The van der Waals surface area contributed by atoms with Gasteiger partial charge in [-0.1, -0.05) is 17.7 Å². The van der Waals surface area contributed by atoms with Crippen molar-refractivity contribution < 1.29 is 22.7 Å². The molecule has 1 amide bonds. The first-order valence-electron chi connectivity index (χ1n) is 5.87. The highest BCUT2D eigenvalue weighted by atomic mass is 127. The summed E-state index contributed by atoms with van der Waals surface area (Å²) in [5.41, 5.74) is 0.535. The average molecular weight is 442 g/mol. The van der Waals surface area contributed by atoms with E-state index in [1.807, 2.05) is 22.6 Å². The van der Waals surface area contributed by atoms with Crippen molar-refractivity contribution in [1.82, 2.24) is 0 Å². The normalized spacial score (nSPS) is 11.1. The van der Waals surface area contributed by atoms with Gasteiger partial charge in [0, 0.05) is 20.9 Å². The minimum atomic E-state index is -4.78.